The Kier molecular flexibility index (Phi) is 3.73. The minimum Gasteiger partial charge on any atom is -0.454 e. The highest BCUT2D eigenvalue weighted by molar-refractivity contribution is 7.21. The van der Waals surface area contributed by atoms with Crippen molar-refractivity contribution in [3.05, 3.63) is 47.7 Å². The number of aromatic nitrogens is 1. The summed E-state index contributed by atoms with van der Waals surface area (Å²) in [5.74, 6) is 0.608. The fourth-order valence-corrected chi connectivity index (χ4v) is 2.88. The summed E-state index contributed by atoms with van der Waals surface area (Å²) in [6, 6.07) is 13.2. The van der Waals surface area contributed by atoms with Gasteiger partial charge in [0.2, 0.25) is 0 Å². The number of amides is 1. The number of carbonyl (C=O) groups excluding carboxylic acids is 1. The van der Waals surface area contributed by atoms with Crippen LogP contribution in [0.1, 0.15) is 5.76 Å². The van der Waals surface area contributed by atoms with Crippen LogP contribution >= 0.6 is 11.3 Å². The molecule has 1 amide bonds. The molecule has 22 heavy (non-hydrogen) atoms. The monoisotopic (exact) mass is 309 g/mol. The van der Waals surface area contributed by atoms with Crippen molar-refractivity contribution < 1.29 is 9.21 Å². The summed E-state index contributed by atoms with van der Waals surface area (Å²) >= 11 is 1.53. The summed E-state index contributed by atoms with van der Waals surface area (Å²) in [5, 5.41) is 12.2. The van der Waals surface area contributed by atoms with Crippen molar-refractivity contribution in [2.75, 3.05) is 7.05 Å². The van der Waals surface area contributed by atoms with Crippen LogP contribution in [0.3, 0.4) is 0 Å². The van der Waals surface area contributed by atoms with Crippen LogP contribution in [0.25, 0.3) is 27.1 Å². The Morgan fingerprint density at radius 1 is 1.36 bits per heavy atom. The van der Waals surface area contributed by atoms with E-state index in [1.54, 1.807) is 12.1 Å². The predicted octanol–water partition coefficient (Wildman–Crippen LogP) is 3.21. The molecule has 0 aliphatic rings. The standard InChI is InChI=1S/C16H11N3O2S/c1-18-15(20)10(9-17)8-11-6-7-13(21-11)16-19-12-4-2-3-5-14(12)22-16/h2-8H,1H3,(H,18,20). The van der Waals surface area contributed by atoms with Crippen molar-refractivity contribution in [1.29, 1.82) is 5.26 Å². The van der Waals surface area contributed by atoms with Gasteiger partial charge in [-0.25, -0.2) is 4.98 Å². The van der Waals surface area contributed by atoms with Crippen molar-refractivity contribution in [2.45, 2.75) is 0 Å². The fourth-order valence-electron chi connectivity index (χ4n) is 1.95. The van der Waals surface area contributed by atoms with E-state index in [9.17, 15) is 4.79 Å². The molecule has 0 fully saturated rings. The maximum absolute atomic E-state index is 11.5. The van der Waals surface area contributed by atoms with Gasteiger partial charge < -0.3 is 9.73 Å². The Balaban J connectivity index is 1.95. The third-order valence-corrected chi connectivity index (χ3v) is 4.06. The molecule has 0 aliphatic carbocycles. The maximum atomic E-state index is 11.5. The Morgan fingerprint density at radius 2 is 2.18 bits per heavy atom. The molecule has 0 atom stereocenters. The molecule has 5 nitrogen and oxygen atoms in total. The van der Waals surface area contributed by atoms with Crippen LogP contribution < -0.4 is 5.32 Å². The highest BCUT2D eigenvalue weighted by atomic mass is 32.1. The number of nitrogens with one attached hydrogen (secondary N) is 1. The second-order valence-corrected chi connectivity index (χ2v) is 5.47. The third-order valence-electron chi connectivity index (χ3n) is 3.01. The number of carbonyl (C=O) groups is 1. The van der Waals surface area contributed by atoms with Gasteiger partial charge in [0.25, 0.3) is 5.91 Å². The lowest BCUT2D eigenvalue weighted by atomic mass is 10.2. The number of rotatable bonds is 3. The van der Waals surface area contributed by atoms with Crippen LogP contribution in [0.4, 0.5) is 0 Å². The number of likely N-dealkylation sites (N-methyl/N-ethyl adjacent to an activating group) is 1. The average molecular weight is 309 g/mol. The summed E-state index contributed by atoms with van der Waals surface area (Å²) in [4.78, 5) is 16.0. The molecule has 6 heteroatoms. The Hall–Kier alpha value is -2.91. The van der Waals surface area contributed by atoms with Gasteiger partial charge in [-0.15, -0.1) is 11.3 Å². The number of nitrogens with zero attached hydrogens (tertiary/aromatic N) is 2. The zero-order chi connectivity index (χ0) is 15.5. The second kappa shape index (κ2) is 5.84. The molecule has 3 rings (SSSR count). The van der Waals surface area contributed by atoms with Crippen LogP contribution in [0.15, 0.2) is 46.4 Å². The minimum atomic E-state index is -0.444. The number of para-hydroxylation sites is 1. The topological polar surface area (TPSA) is 78.9 Å². The van der Waals surface area contributed by atoms with Gasteiger partial charge in [0, 0.05) is 13.1 Å². The summed E-state index contributed by atoms with van der Waals surface area (Å²) in [6.45, 7) is 0. The summed E-state index contributed by atoms with van der Waals surface area (Å²) < 4.78 is 6.74. The third kappa shape index (κ3) is 2.62. The van der Waals surface area contributed by atoms with Gasteiger partial charge in [0.1, 0.15) is 17.4 Å². The highest BCUT2D eigenvalue weighted by Gasteiger charge is 2.12. The maximum Gasteiger partial charge on any atom is 0.261 e. The van der Waals surface area contributed by atoms with E-state index in [0.717, 1.165) is 15.2 Å². The number of hydrogen-bond acceptors (Lipinski definition) is 5. The molecular formula is C16H11N3O2S. The molecule has 108 valence electrons. The molecule has 1 aromatic carbocycles. The van der Waals surface area contributed by atoms with Gasteiger partial charge in [-0.05, 0) is 24.3 Å². The number of furan rings is 1. The predicted molar refractivity (Wildman–Crippen MR) is 85.0 cm³/mol. The van der Waals surface area contributed by atoms with E-state index in [1.165, 1.54) is 24.5 Å². The summed E-state index contributed by atoms with van der Waals surface area (Å²) in [5.41, 5.74) is 0.909. The SMILES string of the molecule is CNC(=O)C(C#N)=Cc1ccc(-c2nc3ccccc3s2)o1. The molecule has 0 spiro atoms. The number of benzene rings is 1. The molecule has 0 unspecified atom stereocenters. The first kappa shape index (κ1) is 14.0. The molecule has 0 aliphatic heterocycles. The van der Waals surface area contributed by atoms with Crippen LogP contribution in [0.5, 0.6) is 0 Å². The smallest absolute Gasteiger partial charge is 0.261 e. The van der Waals surface area contributed by atoms with Crippen molar-refractivity contribution in [3.8, 4) is 16.8 Å². The largest absolute Gasteiger partial charge is 0.454 e. The lowest BCUT2D eigenvalue weighted by Crippen LogP contribution is -2.18. The van der Waals surface area contributed by atoms with Crippen molar-refractivity contribution >= 4 is 33.5 Å². The molecule has 2 heterocycles. The molecule has 0 saturated carbocycles. The van der Waals surface area contributed by atoms with Gasteiger partial charge in [0.05, 0.1) is 10.2 Å². The molecular weight excluding hydrogens is 298 g/mol. The Morgan fingerprint density at radius 3 is 2.91 bits per heavy atom. The summed E-state index contributed by atoms with van der Waals surface area (Å²) in [7, 11) is 1.47. The zero-order valence-electron chi connectivity index (χ0n) is 11.7. The van der Waals surface area contributed by atoms with E-state index in [1.807, 2.05) is 30.3 Å². The first-order chi connectivity index (χ1) is 10.7. The van der Waals surface area contributed by atoms with Crippen molar-refractivity contribution in [2.24, 2.45) is 0 Å². The molecule has 3 aromatic rings. The fraction of sp³-hybridized carbons (Fsp3) is 0.0625. The first-order valence-electron chi connectivity index (χ1n) is 6.51. The minimum absolute atomic E-state index is 0.00676. The van der Waals surface area contributed by atoms with Gasteiger partial charge in [-0.2, -0.15) is 5.26 Å². The highest BCUT2D eigenvalue weighted by Crippen LogP contribution is 2.31. The lowest BCUT2D eigenvalue weighted by Gasteiger charge is -1.94. The quantitative estimate of drug-likeness (QED) is 0.595. The number of nitriles is 1. The Bertz CT molecular complexity index is 882. The molecule has 1 N–H and O–H groups in total. The zero-order valence-corrected chi connectivity index (χ0v) is 12.5. The van der Waals surface area contributed by atoms with E-state index in [-0.39, 0.29) is 5.57 Å². The molecule has 0 saturated heterocycles. The average Bonchev–Trinajstić information content (AvgIpc) is 3.17. The normalized spacial score (nSPS) is 11.4. The lowest BCUT2D eigenvalue weighted by molar-refractivity contribution is -0.116. The van der Waals surface area contributed by atoms with E-state index in [4.69, 9.17) is 9.68 Å². The van der Waals surface area contributed by atoms with Gasteiger partial charge in [-0.1, -0.05) is 12.1 Å². The van der Waals surface area contributed by atoms with Crippen LogP contribution in [0.2, 0.25) is 0 Å². The van der Waals surface area contributed by atoms with Gasteiger partial charge in [-0.3, -0.25) is 4.79 Å². The summed E-state index contributed by atoms with van der Waals surface area (Å²) in [6.07, 6.45) is 1.41. The number of hydrogen-bond donors (Lipinski definition) is 1. The van der Waals surface area contributed by atoms with Crippen molar-refractivity contribution in [1.82, 2.24) is 10.3 Å². The first-order valence-corrected chi connectivity index (χ1v) is 7.32. The van der Waals surface area contributed by atoms with E-state index in [2.05, 4.69) is 10.3 Å². The van der Waals surface area contributed by atoms with Crippen molar-refractivity contribution in [3.63, 3.8) is 0 Å². The second-order valence-electron chi connectivity index (χ2n) is 4.44. The van der Waals surface area contributed by atoms with E-state index < -0.39 is 5.91 Å². The number of thiazole rings is 1. The molecule has 0 bridgehead atoms. The van der Waals surface area contributed by atoms with Crippen LogP contribution in [0, 0.1) is 11.3 Å². The van der Waals surface area contributed by atoms with Gasteiger partial charge in [0.15, 0.2) is 10.8 Å². The van der Waals surface area contributed by atoms with E-state index >= 15 is 0 Å². The van der Waals surface area contributed by atoms with Gasteiger partial charge >= 0.3 is 0 Å². The number of fused-ring (bicyclic) bond motifs is 1. The molecule has 0 radical (unpaired) electrons. The Labute approximate surface area is 130 Å². The van der Waals surface area contributed by atoms with Crippen LogP contribution in [-0.2, 0) is 4.79 Å². The van der Waals surface area contributed by atoms with E-state index in [0.29, 0.717) is 11.5 Å². The van der Waals surface area contributed by atoms with Crippen LogP contribution in [-0.4, -0.2) is 17.9 Å². The molecule has 2 aromatic heterocycles.